The van der Waals surface area contributed by atoms with Crippen LogP contribution in [-0.2, 0) is 18.6 Å². The summed E-state index contributed by atoms with van der Waals surface area (Å²) in [4.78, 5) is 26.1. The van der Waals surface area contributed by atoms with Crippen molar-refractivity contribution in [2.75, 3.05) is 11.9 Å². The fraction of sp³-hybridized carbons (Fsp3) is 0.171. The van der Waals surface area contributed by atoms with Gasteiger partial charge >= 0.3 is 0 Å². The van der Waals surface area contributed by atoms with Gasteiger partial charge < -0.3 is 20.0 Å². The second-order valence-electron chi connectivity index (χ2n) is 11.4. The van der Waals surface area contributed by atoms with Crippen LogP contribution in [0.15, 0.2) is 107 Å². The average Bonchev–Trinajstić information content (AvgIpc) is 3.62. The van der Waals surface area contributed by atoms with E-state index in [2.05, 4.69) is 31.7 Å². The van der Waals surface area contributed by atoms with E-state index in [1.165, 1.54) is 16.8 Å². The molecule has 0 fully saturated rings. The second-order valence-corrected chi connectivity index (χ2v) is 11.4. The van der Waals surface area contributed by atoms with Crippen LogP contribution in [0.2, 0.25) is 0 Å². The van der Waals surface area contributed by atoms with Gasteiger partial charge in [-0.25, -0.2) is 9.37 Å². The number of benzene rings is 3. The molecule has 0 radical (unpaired) electrons. The second kappa shape index (κ2) is 11.1. The van der Waals surface area contributed by atoms with Gasteiger partial charge in [0.2, 0.25) is 0 Å². The third-order valence-electron chi connectivity index (χ3n) is 8.01. The Hall–Kier alpha value is -5.28. The first kappa shape index (κ1) is 27.5. The summed E-state index contributed by atoms with van der Waals surface area (Å²) >= 11 is 0. The number of H-pyrrole nitrogens is 1. The van der Waals surface area contributed by atoms with E-state index in [0.717, 1.165) is 44.1 Å². The van der Waals surface area contributed by atoms with Crippen molar-refractivity contribution < 1.29 is 8.81 Å². The molecule has 7 aromatic rings. The van der Waals surface area contributed by atoms with Gasteiger partial charge in [0.05, 0.1) is 17.3 Å². The molecule has 3 aromatic carbocycles. The number of hydrogen-bond donors (Lipinski definition) is 3. The van der Waals surface area contributed by atoms with Gasteiger partial charge in [0.25, 0.3) is 5.56 Å². The Labute approximate surface area is 252 Å². The Balaban J connectivity index is 1.18. The number of aromatic amines is 1. The van der Waals surface area contributed by atoms with E-state index in [4.69, 9.17) is 4.42 Å². The quantitative estimate of drug-likeness (QED) is 0.158. The van der Waals surface area contributed by atoms with Gasteiger partial charge in [0, 0.05) is 59.4 Å². The van der Waals surface area contributed by atoms with Gasteiger partial charge in [-0.05, 0) is 61.9 Å². The van der Waals surface area contributed by atoms with Crippen molar-refractivity contribution in [3.05, 3.63) is 125 Å². The Morgan fingerprint density at radius 2 is 1.77 bits per heavy atom. The van der Waals surface area contributed by atoms with Gasteiger partial charge in [0.15, 0.2) is 0 Å². The predicted octanol–water partition coefficient (Wildman–Crippen LogP) is 6.96. The number of nitrogens with one attached hydrogen (secondary N) is 3. The smallest absolute Gasteiger partial charge is 0.277 e. The molecule has 0 bridgehead atoms. The SMILES string of the molecule is CC(C)(Nc1cnc(-c2ccccc2F)n(CCNCc2cc3cnccc3[nH]2)c1=O)c1ccc2oc3ccccc3c2c1. The molecule has 0 aliphatic rings. The summed E-state index contributed by atoms with van der Waals surface area (Å²) in [5.41, 5.74) is 4.33. The van der Waals surface area contributed by atoms with E-state index in [0.29, 0.717) is 25.3 Å². The zero-order valence-corrected chi connectivity index (χ0v) is 24.4. The number of para-hydroxylation sites is 1. The molecule has 0 saturated carbocycles. The number of furan rings is 1. The van der Waals surface area contributed by atoms with E-state index >= 15 is 0 Å². The van der Waals surface area contributed by atoms with Crippen LogP contribution in [-0.4, -0.2) is 26.1 Å². The maximum Gasteiger partial charge on any atom is 0.277 e. The minimum absolute atomic E-state index is 0.274. The van der Waals surface area contributed by atoms with Crippen molar-refractivity contribution in [3.8, 4) is 11.4 Å². The number of aromatic nitrogens is 4. The minimum atomic E-state index is -0.631. The van der Waals surface area contributed by atoms with Crippen molar-refractivity contribution in [2.45, 2.75) is 32.5 Å². The molecule has 9 heteroatoms. The molecule has 0 aliphatic carbocycles. The van der Waals surface area contributed by atoms with Crippen molar-refractivity contribution in [2.24, 2.45) is 0 Å². The highest BCUT2D eigenvalue weighted by Crippen LogP contribution is 2.33. The molecule has 0 spiro atoms. The highest BCUT2D eigenvalue weighted by atomic mass is 19.1. The maximum atomic E-state index is 14.9. The Morgan fingerprint density at radius 1 is 0.955 bits per heavy atom. The molecule has 8 nitrogen and oxygen atoms in total. The fourth-order valence-corrected chi connectivity index (χ4v) is 5.71. The standard InChI is InChI=1S/C35H31FN6O2/c1-35(2,23-11-12-32-27(18-23)25-7-4-6-10-31(25)44-32)41-30-21-39-33(26-8-3-5-9-28(26)36)42(34(30)43)16-15-38-20-24-17-22-19-37-14-13-29(22)40-24/h3-14,17-19,21,38,40-41H,15-16,20H2,1-2H3. The summed E-state index contributed by atoms with van der Waals surface area (Å²) in [6.07, 6.45) is 5.07. The van der Waals surface area contributed by atoms with E-state index in [1.807, 2.05) is 68.6 Å². The molecule has 4 heterocycles. The lowest BCUT2D eigenvalue weighted by atomic mass is 9.92. The Bertz CT molecular complexity index is 2160. The average molecular weight is 587 g/mol. The van der Waals surface area contributed by atoms with Crippen LogP contribution in [0.25, 0.3) is 44.2 Å². The van der Waals surface area contributed by atoms with E-state index in [9.17, 15) is 9.18 Å². The summed E-state index contributed by atoms with van der Waals surface area (Å²) < 4.78 is 22.4. The number of pyridine rings is 1. The maximum absolute atomic E-state index is 14.9. The molecular weight excluding hydrogens is 555 g/mol. The highest BCUT2D eigenvalue weighted by molar-refractivity contribution is 6.05. The molecule has 220 valence electrons. The van der Waals surface area contributed by atoms with Crippen LogP contribution in [0, 0.1) is 5.82 Å². The van der Waals surface area contributed by atoms with Gasteiger partial charge in [-0.1, -0.05) is 36.4 Å². The summed E-state index contributed by atoms with van der Waals surface area (Å²) in [7, 11) is 0. The normalized spacial score (nSPS) is 12.0. The van der Waals surface area contributed by atoms with Gasteiger partial charge in [-0.2, -0.15) is 0 Å². The first-order chi connectivity index (χ1) is 21.4. The molecule has 4 aromatic heterocycles. The number of nitrogens with zero attached hydrogens (tertiary/aromatic N) is 3. The first-order valence-electron chi connectivity index (χ1n) is 14.5. The van der Waals surface area contributed by atoms with E-state index < -0.39 is 11.4 Å². The highest BCUT2D eigenvalue weighted by Gasteiger charge is 2.24. The third kappa shape index (κ3) is 5.11. The van der Waals surface area contributed by atoms with E-state index in [-0.39, 0.29) is 16.9 Å². The number of halogens is 1. The van der Waals surface area contributed by atoms with Crippen LogP contribution in [0.3, 0.4) is 0 Å². The first-order valence-corrected chi connectivity index (χ1v) is 14.5. The molecule has 3 N–H and O–H groups in total. The third-order valence-corrected chi connectivity index (χ3v) is 8.01. The van der Waals surface area contributed by atoms with Crippen LogP contribution in [0.1, 0.15) is 25.1 Å². The lowest BCUT2D eigenvalue weighted by Gasteiger charge is -2.28. The summed E-state index contributed by atoms with van der Waals surface area (Å²) in [6, 6.07) is 24.3. The predicted molar refractivity (Wildman–Crippen MR) is 172 cm³/mol. The van der Waals surface area contributed by atoms with Crippen LogP contribution in [0.5, 0.6) is 0 Å². The number of anilines is 1. The summed E-state index contributed by atoms with van der Waals surface area (Å²) in [5.74, 6) is -0.157. The van der Waals surface area contributed by atoms with Crippen molar-refractivity contribution in [1.82, 2.24) is 24.8 Å². The molecule has 0 atom stereocenters. The monoisotopic (exact) mass is 586 g/mol. The summed E-state index contributed by atoms with van der Waals surface area (Å²) in [6.45, 7) is 5.36. The lowest BCUT2D eigenvalue weighted by Crippen LogP contribution is -2.35. The number of hydrogen-bond acceptors (Lipinski definition) is 6. The number of rotatable bonds is 9. The van der Waals surface area contributed by atoms with Crippen LogP contribution in [0.4, 0.5) is 10.1 Å². The zero-order valence-electron chi connectivity index (χ0n) is 24.4. The van der Waals surface area contributed by atoms with Crippen molar-refractivity contribution in [1.29, 1.82) is 0 Å². The molecule has 44 heavy (non-hydrogen) atoms. The van der Waals surface area contributed by atoms with Gasteiger partial charge in [-0.3, -0.25) is 14.3 Å². The van der Waals surface area contributed by atoms with Gasteiger partial charge in [-0.15, -0.1) is 0 Å². The van der Waals surface area contributed by atoms with Crippen molar-refractivity contribution >= 4 is 38.5 Å². The molecule has 0 unspecified atom stereocenters. The largest absolute Gasteiger partial charge is 0.456 e. The number of fused-ring (bicyclic) bond motifs is 4. The minimum Gasteiger partial charge on any atom is -0.456 e. The topological polar surface area (TPSA) is 101 Å². The Kier molecular flexibility index (Phi) is 6.94. The van der Waals surface area contributed by atoms with Crippen LogP contribution >= 0.6 is 0 Å². The Morgan fingerprint density at radius 3 is 2.64 bits per heavy atom. The molecule has 0 saturated heterocycles. The van der Waals surface area contributed by atoms with E-state index in [1.54, 1.807) is 24.4 Å². The molecule has 0 amide bonds. The summed E-state index contributed by atoms with van der Waals surface area (Å²) in [5, 5.41) is 9.90. The molecule has 7 rings (SSSR count). The van der Waals surface area contributed by atoms with Gasteiger partial charge in [0.1, 0.15) is 28.5 Å². The molecule has 0 aliphatic heterocycles. The fourth-order valence-electron chi connectivity index (χ4n) is 5.71. The zero-order chi connectivity index (χ0) is 30.3. The lowest BCUT2D eigenvalue weighted by molar-refractivity contribution is 0.569. The van der Waals surface area contributed by atoms with Crippen LogP contribution < -0.4 is 16.2 Å². The molecular formula is C35H31FN6O2. The van der Waals surface area contributed by atoms with Crippen molar-refractivity contribution in [3.63, 3.8) is 0 Å².